The molecule has 37 heavy (non-hydrogen) atoms. The molecule has 1 aromatic heterocycles. The molecule has 9 heteroatoms. The van der Waals surface area contributed by atoms with Crippen LogP contribution in [0.15, 0.2) is 87.5 Å². The van der Waals surface area contributed by atoms with Crippen LogP contribution in [0.1, 0.15) is 31.9 Å². The van der Waals surface area contributed by atoms with Crippen LogP contribution in [-0.4, -0.2) is 39.7 Å². The summed E-state index contributed by atoms with van der Waals surface area (Å²) < 4.78 is 8.19. The zero-order chi connectivity index (χ0) is 26.4. The molecule has 0 radical (unpaired) electrons. The first-order valence-corrected chi connectivity index (χ1v) is 13.4. The van der Waals surface area contributed by atoms with Crippen molar-refractivity contribution in [3.63, 3.8) is 0 Å². The molecule has 190 valence electrons. The highest BCUT2D eigenvalue weighted by Gasteiger charge is 2.19. The maximum Gasteiger partial charge on any atom is 0.250 e. The van der Waals surface area contributed by atoms with Crippen LogP contribution in [0, 0.1) is 0 Å². The van der Waals surface area contributed by atoms with Gasteiger partial charge in [-0.2, -0.15) is 5.10 Å². The van der Waals surface area contributed by atoms with Gasteiger partial charge in [0.25, 0.3) is 5.91 Å². The van der Waals surface area contributed by atoms with E-state index in [1.165, 1.54) is 17.3 Å². The van der Waals surface area contributed by atoms with E-state index in [2.05, 4.69) is 81.7 Å². The van der Waals surface area contributed by atoms with Gasteiger partial charge in [-0.25, -0.2) is 5.43 Å². The molecule has 0 atom stereocenters. The van der Waals surface area contributed by atoms with Gasteiger partial charge in [0.05, 0.1) is 19.1 Å². The molecule has 0 aliphatic rings. The number of hydrogen-bond donors (Lipinski definition) is 1. The lowest BCUT2D eigenvalue weighted by atomic mass is 9.87. The Hall–Kier alpha value is -3.43. The SMILES string of the molecule is COc1ccc(Br)cc1/C=N\NC(=O)CSc1nnc(-c2ccc(C(C)(C)C)cc2)n1-c1ccccc1. The van der Waals surface area contributed by atoms with Gasteiger partial charge < -0.3 is 4.74 Å². The summed E-state index contributed by atoms with van der Waals surface area (Å²) in [5.74, 6) is 1.25. The van der Waals surface area contributed by atoms with Crippen LogP contribution in [-0.2, 0) is 10.2 Å². The van der Waals surface area contributed by atoms with Crippen molar-refractivity contribution in [3.05, 3.63) is 88.4 Å². The summed E-state index contributed by atoms with van der Waals surface area (Å²) in [4.78, 5) is 12.5. The molecule has 0 saturated carbocycles. The average molecular weight is 579 g/mol. The van der Waals surface area contributed by atoms with Crippen LogP contribution in [0.3, 0.4) is 0 Å². The Morgan fingerprint density at radius 2 is 1.81 bits per heavy atom. The second kappa shape index (κ2) is 11.7. The van der Waals surface area contributed by atoms with Gasteiger partial charge in [-0.15, -0.1) is 10.2 Å². The van der Waals surface area contributed by atoms with Crippen molar-refractivity contribution in [2.75, 3.05) is 12.9 Å². The Morgan fingerprint density at radius 3 is 2.49 bits per heavy atom. The Bertz CT molecular complexity index is 1400. The summed E-state index contributed by atoms with van der Waals surface area (Å²) >= 11 is 4.73. The van der Waals surface area contributed by atoms with E-state index in [1.807, 2.05) is 53.1 Å². The van der Waals surface area contributed by atoms with Gasteiger partial charge in [0.1, 0.15) is 5.75 Å². The molecular formula is C28H28BrN5O2S. The molecular weight excluding hydrogens is 550 g/mol. The molecule has 1 N–H and O–H groups in total. The van der Waals surface area contributed by atoms with Gasteiger partial charge in [0.2, 0.25) is 0 Å². The predicted molar refractivity (Wildman–Crippen MR) is 153 cm³/mol. The van der Waals surface area contributed by atoms with E-state index >= 15 is 0 Å². The molecule has 0 bridgehead atoms. The molecule has 4 rings (SSSR count). The van der Waals surface area contributed by atoms with Gasteiger partial charge in [-0.1, -0.05) is 90.9 Å². The number of nitrogens with one attached hydrogen (secondary N) is 1. The molecule has 0 saturated heterocycles. The third-order valence-corrected chi connectivity index (χ3v) is 7.00. The quantitative estimate of drug-likeness (QED) is 0.152. The van der Waals surface area contributed by atoms with Crippen molar-refractivity contribution < 1.29 is 9.53 Å². The number of benzene rings is 3. The van der Waals surface area contributed by atoms with Crippen LogP contribution >= 0.6 is 27.7 Å². The number of methoxy groups -OCH3 is 1. The summed E-state index contributed by atoms with van der Waals surface area (Å²) in [5, 5.41) is 13.6. The molecule has 3 aromatic carbocycles. The zero-order valence-corrected chi connectivity index (χ0v) is 23.5. The minimum atomic E-state index is -0.256. The fourth-order valence-electron chi connectivity index (χ4n) is 3.62. The minimum Gasteiger partial charge on any atom is -0.496 e. The third-order valence-electron chi connectivity index (χ3n) is 5.57. The first-order valence-electron chi connectivity index (χ1n) is 11.7. The van der Waals surface area contributed by atoms with Gasteiger partial charge in [-0.3, -0.25) is 9.36 Å². The summed E-state index contributed by atoms with van der Waals surface area (Å²) in [5.41, 5.74) is 6.50. The third kappa shape index (κ3) is 6.67. The van der Waals surface area contributed by atoms with Crippen molar-refractivity contribution in [3.8, 4) is 22.8 Å². The zero-order valence-electron chi connectivity index (χ0n) is 21.1. The van der Waals surface area contributed by atoms with Crippen molar-refractivity contribution in [2.45, 2.75) is 31.3 Å². The summed E-state index contributed by atoms with van der Waals surface area (Å²) in [6.45, 7) is 6.56. The predicted octanol–water partition coefficient (Wildman–Crippen LogP) is 6.25. The monoisotopic (exact) mass is 577 g/mol. The highest BCUT2D eigenvalue weighted by molar-refractivity contribution is 9.10. The topological polar surface area (TPSA) is 81.4 Å². The molecule has 0 aliphatic heterocycles. The van der Waals surface area contributed by atoms with Crippen LogP contribution in [0.4, 0.5) is 0 Å². The van der Waals surface area contributed by atoms with Gasteiger partial charge >= 0.3 is 0 Å². The van der Waals surface area contributed by atoms with Crippen molar-refractivity contribution in [1.29, 1.82) is 0 Å². The normalized spacial score (nSPS) is 11.6. The second-order valence-electron chi connectivity index (χ2n) is 9.27. The van der Waals surface area contributed by atoms with Gasteiger partial charge in [0.15, 0.2) is 11.0 Å². The number of rotatable bonds is 8. The Balaban J connectivity index is 1.51. The first-order chi connectivity index (χ1) is 17.8. The average Bonchev–Trinajstić information content (AvgIpc) is 3.32. The lowest BCUT2D eigenvalue weighted by Gasteiger charge is -2.19. The van der Waals surface area contributed by atoms with Gasteiger partial charge in [-0.05, 0) is 41.3 Å². The fraction of sp³-hybridized carbons (Fsp3) is 0.214. The van der Waals surface area contributed by atoms with E-state index in [9.17, 15) is 4.79 Å². The van der Waals surface area contributed by atoms with Crippen LogP contribution in [0.5, 0.6) is 5.75 Å². The van der Waals surface area contributed by atoms with Crippen LogP contribution < -0.4 is 10.2 Å². The summed E-state index contributed by atoms with van der Waals surface area (Å²) in [7, 11) is 1.59. The number of ether oxygens (including phenoxy) is 1. The second-order valence-corrected chi connectivity index (χ2v) is 11.1. The lowest BCUT2D eigenvalue weighted by molar-refractivity contribution is -0.118. The molecule has 7 nitrogen and oxygen atoms in total. The number of hydrogen-bond acceptors (Lipinski definition) is 6. The maximum atomic E-state index is 12.5. The summed E-state index contributed by atoms with van der Waals surface area (Å²) in [6, 6.07) is 23.8. The number of nitrogens with zero attached hydrogens (tertiary/aromatic N) is 4. The largest absolute Gasteiger partial charge is 0.496 e. The van der Waals surface area contributed by atoms with Crippen molar-refractivity contribution >= 4 is 39.8 Å². The van der Waals surface area contributed by atoms with E-state index in [-0.39, 0.29) is 17.1 Å². The molecule has 0 aliphatic carbocycles. The van der Waals surface area contributed by atoms with E-state index < -0.39 is 0 Å². The molecule has 0 fully saturated rings. The lowest BCUT2D eigenvalue weighted by Crippen LogP contribution is -2.20. The molecule has 1 amide bonds. The van der Waals surface area contributed by atoms with E-state index in [1.54, 1.807) is 13.3 Å². The number of halogens is 1. The Morgan fingerprint density at radius 1 is 1.08 bits per heavy atom. The molecule has 0 spiro atoms. The van der Waals surface area contributed by atoms with E-state index in [0.29, 0.717) is 16.7 Å². The number of thioether (sulfide) groups is 1. The van der Waals surface area contributed by atoms with E-state index in [4.69, 9.17) is 4.74 Å². The standard InChI is InChI=1S/C28H28BrN5O2S/c1-28(2,3)21-12-10-19(11-13-21)26-32-33-27(34(26)23-8-6-5-7-9-23)37-18-25(35)31-30-17-20-16-22(29)14-15-24(20)36-4/h5-17H,18H2,1-4H3,(H,31,35)/b30-17-. The van der Waals surface area contributed by atoms with Crippen LogP contribution in [0.25, 0.3) is 17.1 Å². The van der Waals surface area contributed by atoms with Crippen molar-refractivity contribution in [2.24, 2.45) is 5.10 Å². The van der Waals surface area contributed by atoms with Gasteiger partial charge in [0, 0.05) is 21.3 Å². The minimum absolute atomic E-state index is 0.0601. The molecule has 0 unspecified atom stereocenters. The van der Waals surface area contributed by atoms with E-state index in [0.717, 1.165) is 21.3 Å². The smallest absolute Gasteiger partial charge is 0.250 e. The van der Waals surface area contributed by atoms with Crippen LogP contribution in [0.2, 0.25) is 0 Å². The number of aromatic nitrogens is 3. The number of hydrazone groups is 1. The number of para-hydroxylation sites is 1. The number of carbonyl (C=O) groups excluding carboxylic acids is 1. The summed E-state index contributed by atoms with van der Waals surface area (Å²) in [6.07, 6.45) is 1.55. The van der Waals surface area contributed by atoms with Crippen molar-refractivity contribution in [1.82, 2.24) is 20.2 Å². The Kier molecular flexibility index (Phi) is 8.45. The Labute approximate surface area is 229 Å². The number of amides is 1. The fourth-order valence-corrected chi connectivity index (χ4v) is 4.74. The highest BCUT2D eigenvalue weighted by atomic mass is 79.9. The highest BCUT2D eigenvalue weighted by Crippen LogP contribution is 2.30. The first kappa shape index (κ1) is 26.6. The molecule has 4 aromatic rings. The number of carbonyl (C=O) groups is 1. The maximum absolute atomic E-state index is 12.5. The molecule has 1 heterocycles.